The van der Waals surface area contributed by atoms with Crippen LogP contribution in [0.5, 0.6) is 5.75 Å². The first kappa shape index (κ1) is 20.3. The molecule has 29 heavy (non-hydrogen) atoms. The Bertz CT molecular complexity index is 931. The van der Waals surface area contributed by atoms with Crippen LogP contribution in [0.15, 0.2) is 65.2 Å². The molecule has 0 radical (unpaired) electrons. The summed E-state index contributed by atoms with van der Waals surface area (Å²) in [6, 6.07) is 17.4. The molecule has 0 atom stereocenters. The van der Waals surface area contributed by atoms with Crippen molar-refractivity contribution in [3.05, 3.63) is 83.5 Å². The highest BCUT2D eigenvalue weighted by molar-refractivity contribution is 5.87. The lowest BCUT2D eigenvalue weighted by Gasteiger charge is -2.06. The van der Waals surface area contributed by atoms with Crippen molar-refractivity contribution < 1.29 is 18.8 Å². The number of hydrogen-bond donors (Lipinski definition) is 0. The molecule has 0 spiro atoms. The molecule has 1 heterocycles. The number of carbonyl (C=O) groups excluding carboxylic acids is 1. The highest BCUT2D eigenvalue weighted by Gasteiger charge is 2.09. The Kier molecular flexibility index (Phi) is 7.16. The van der Waals surface area contributed by atoms with Gasteiger partial charge in [0, 0.05) is 12.5 Å². The van der Waals surface area contributed by atoms with Crippen LogP contribution < -0.4 is 4.74 Å². The molecule has 1 aromatic heterocycles. The molecule has 3 rings (SSSR count). The zero-order chi connectivity index (χ0) is 20.5. The molecule has 3 aromatic rings. The van der Waals surface area contributed by atoms with Gasteiger partial charge in [-0.05, 0) is 35.3 Å². The number of carbonyl (C=O) groups is 1. The Balaban J connectivity index is 1.44. The Morgan fingerprint density at radius 3 is 2.55 bits per heavy atom. The van der Waals surface area contributed by atoms with Crippen molar-refractivity contribution in [2.45, 2.75) is 33.5 Å². The van der Waals surface area contributed by atoms with Gasteiger partial charge in [-0.3, -0.25) is 0 Å². The lowest BCUT2D eigenvalue weighted by Crippen LogP contribution is -2.01. The van der Waals surface area contributed by atoms with Gasteiger partial charge in [-0.1, -0.05) is 61.5 Å². The van der Waals surface area contributed by atoms with Gasteiger partial charge >= 0.3 is 5.97 Å². The van der Waals surface area contributed by atoms with E-state index in [0.717, 1.165) is 23.3 Å². The van der Waals surface area contributed by atoms with E-state index in [1.165, 1.54) is 6.08 Å². The summed E-state index contributed by atoms with van der Waals surface area (Å²) < 4.78 is 16.0. The quantitative estimate of drug-likeness (QED) is 0.391. The van der Waals surface area contributed by atoms with Gasteiger partial charge in [0.15, 0.2) is 12.4 Å². The lowest BCUT2D eigenvalue weighted by molar-refractivity contribution is -0.139. The molecule has 0 bridgehead atoms. The van der Waals surface area contributed by atoms with E-state index in [4.69, 9.17) is 14.0 Å². The van der Waals surface area contributed by atoms with Gasteiger partial charge in [0.05, 0.1) is 0 Å². The van der Waals surface area contributed by atoms with Crippen LogP contribution in [0.1, 0.15) is 36.7 Å². The molecule has 0 aliphatic rings. The minimum atomic E-state index is -0.474. The van der Waals surface area contributed by atoms with Crippen LogP contribution in [-0.2, 0) is 29.2 Å². The highest BCUT2D eigenvalue weighted by Crippen LogP contribution is 2.15. The van der Waals surface area contributed by atoms with E-state index >= 15 is 0 Å². The van der Waals surface area contributed by atoms with Crippen LogP contribution in [0.25, 0.3) is 6.08 Å². The molecule has 0 aliphatic carbocycles. The van der Waals surface area contributed by atoms with Crippen LogP contribution >= 0.6 is 0 Å². The SMILES string of the molecule is CC(C)Cc1noc(COC(=O)/C=C/c2ccc(OCc3ccccc3)cc2)n1. The summed E-state index contributed by atoms with van der Waals surface area (Å²) in [7, 11) is 0. The zero-order valence-corrected chi connectivity index (χ0v) is 16.6. The third-order valence-electron chi connectivity index (χ3n) is 3.98. The molecule has 0 fully saturated rings. The monoisotopic (exact) mass is 392 g/mol. The second-order valence-electron chi connectivity index (χ2n) is 6.99. The summed E-state index contributed by atoms with van der Waals surface area (Å²) in [6.45, 7) is 4.61. The van der Waals surface area contributed by atoms with Gasteiger partial charge in [0.2, 0.25) is 0 Å². The minimum absolute atomic E-state index is 0.0411. The van der Waals surface area contributed by atoms with Crippen molar-refractivity contribution in [3.63, 3.8) is 0 Å². The Morgan fingerprint density at radius 2 is 1.83 bits per heavy atom. The van der Waals surface area contributed by atoms with Gasteiger partial charge in [-0.25, -0.2) is 4.79 Å². The number of hydrogen-bond acceptors (Lipinski definition) is 6. The standard InChI is InChI=1S/C23H24N2O4/c1-17(2)14-21-24-22(29-25-21)16-28-23(26)13-10-18-8-11-20(12-9-18)27-15-19-6-4-3-5-7-19/h3-13,17H,14-16H2,1-2H3/b13-10+. The topological polar surface area (TPSA) is 74.5 Å². The number of nitrogens with zero attached hydrogens (tertiary/aromatic N) is 2. The Labute approximate surface area is 170 Å². The molecule has 0 amide bonds. The molecule has 0 N–H and O–H groups in total. The molecule has 0 unspecified atom stereocenters. The van der Waals surface area contributed by atoms with Crippen molar-refractivity contribution in [1.82, 2.24) is 10.1 Å². The summed E-state index contributed by atoms with van der Waals surface area (Å²) in [5.41, 5.74) is 1.97. The maximum atomic E-state index is 11.9. The summed E-state index contributed by atoms with van der Waals surface area (Å²) >= 11 is 0. The van der Waals surface area contributed by atoms with Crippen molar-refractivity contribution in [3.8, 4) is 5.75 Å². The van der Waals surface area contributed by atoms with E-state index in [9.17, 15) is 4.79 Å². The molecule has 0 saturated heterocycles. The van der Waals surface area contributed by atoms with Gasteiger partial charge in [0.25, 0.3) is 5.89 Å². The molecule has 2 aromatic carbocycles. The molecule has 6 nitrogen and oxygen atoms in total. The second kappa shape index (κ2) is 10.2. The fourth-order valence-corrected chi connectivity index (χ4v) is 2.56. The first-order chi connectivity index (χ1) is 14.1. The van der Waals surface area contributed by atoms with Crippen LogP contribution in [-0.4, -0.2) is 16.1 Å². The van der Waals surface area contributed by atoms with Gasteiger partial charge < -0.3 is 14.0 Å². The number of aromatic nitrogens is 2. The second-order valence-corrected chi connectivity index (χ2v) is 6.99. The molecule has 0 aliphatic heterocycles. The minimum Gasteiger partial charge on any atom is -0.489 e. The van der Waals surface area contributed by atoms with E-state index in [2.05, 4.69) is 24.0 Å². The molecule has 0 saturated carbocycles. The predicted octanol–water partition coefficient (Wildman–Crippen LogP) is 4.60. The fraction of sp³-hybridized carbons (Fsp3) is 0.261. The lowest BCUT2D eigenvalue weighted by atomic mass is 10.1. The normalized spacial score (nSPS) is 11.1. The third-order valence-corrected chi connectivity index (χ3v) is 3.98. The maximum Gasteiger partial charge on any atom is 0.331 e. The molecular weight excluding hydrogens is 368 g/mol. The smallest absolute Gasteiger partial charge is 0.331 e. The number of benzene rings is 2. The van der Waals surface area contributed by atoms with Crippen LogP contribution in [0, 0.1) is 5.92 Å². The van der Waals surface area contributed by atoms with Crippen molar-refractivity contribution in [1.29, 1.82) is 0 Å². The Hall–Kier alpha value is -3.41. The first-order valence-electron chi connectivity index (χ1n) is 9.51. The van der Waals surface area contributed by atoms with Gasteiger partial charge in [-0.15, -0.1) is 0 Å². The van der Waals surface area contributed by atoms with Crippen LogP contribution in [0.4, 0.5) is 0 Å². The summed E-state index contributed by atoms with van der Waals surface area (Å²) in [5, 5.41) is 3.86. The van der Waals surface area contributed by atoms with E-state index in [1.807, 2.05) is 54.6 Å². The predicted molar refractivity (Wildman–Crippen MR) is 109 cm³/mol. The zero-order valence-electron chi connectivity index (χ0n) is 16.6. The molecule has 6 heteroatoms. The Morgan fingerprint density at radius 1 is 1.07 bits per heavy atom. The number of rotatable bonds is 9. The third kappa shape index (κ3) is 6.92. The van der Waals surface area contributed by atoms with E-state index in [-0.39, 0.29) is 6.61 Å². The van der Waals surface area contributed by atoms with E-state index < -0.39 is 5.97 Å². The largest absolute Gasteiger partial charge is 0.489 e. The van der Waals surface area contributed by atoms with Gasteiger partial charge in [0.1, 0.15) is 12.4 Å². The van der Waals surface area contributed by atoms with Gasteiger partial charge in [-0.2, -0.15) is 4.98 Å². The fourth-order valence-electron chi connectivity index (χ4n) is 2.56. The molecule has 150 valence electrons. The van der Waals surface area contributed by atoms with Crippen LogP contribution in [0.2, 0.25) is 0 Å². The van der Waals surface area contributed by atoms with E-state index in [0.29, 0.717) is 24.2 Å². The summed E-state index contributed by atoms with van der Waals surface area (Å²) in [6.07, 6.45) is 3.77. The van der Waals surface area contributed by atoms with Crippen molar-refractivity contribution >= 4 is 12.0 Å². The first-order valence-corrected chi connectivity index (χ1v) is 9.51. The number of ether oxygens (including phenoxy) is 2. The van der Waals surface area contributed by atoms with Crippen LogP contribution in [0.3, 0.4) is 0 Å². The van der Waals surface area contributed by atoms with Crippen molar-refractivity contribution in [2.24, 2.45) is 5.92 Å². The average Bonchev–Trinajstić information content (AvgIpc) is 3.17. The summed E-state index contributed by atoms with van der Waals surface area (Å²) in [4.78, 5) is 16.1. The maximum absolute atomic E-state index is 11.9. The summed E-state index contributed by atoms with van der Waals surface area (Å²) in [5.74, 6) is 1.64. The van der Waals surface area contributed by atoms with Crippen molar-refractivity contribution in [2.75, 3.05) is 0 Å². The molecular formula is C23H24N2O4. The number of esters is 1. The highest BCUT2D eigenvalue weighted by atomic mass is 16.6. The average molecular weight is 392 g/mol. The van der Waals surface area contributed by atoms with E-state index in [1.54, 1.807) is 6.08 Å².